The molecule has 0 unspecified atom stereocenters. The van der Waals surface area contributed by atoms with Crippen LogP contribution >= 0.6 is 34.8 Å². The molecule has 0 fully saturated rings. The molecule has 6 heteroatoms. The number of carbonyl (C=O) groups is 1. The molecule has 2 nitrogen and oxygen atoms in total. The van der Waals surface area contributed by atoms with Crippen molar-refractivity contribution in [3.63, 3.8) is 0 Å². The van der Waals surface area contributed by atoms with Crippen LogP contribution in [0.2, 0.25) is 0 Å². The van der Waals surface area contributed by atoms with Gasteiger partial charge in [-0.25, -0.2) is 0 Å². The number of alkyl halides is 3. The summed E-state index contributed by atoms with van der Waals surface area (Å²) in [6.45, 7) is 0.286. The van der Waals surface area contributed by atoms with Crippen molar-refractivity contribution in [3.8, 4) is 0 Å². The number of ketones is 1. The third kappa shape index (κ3) is 4.74. The summed E-state index contributed by atoms with van der Waals surface area (Å²) >= 11 is 17.3. The molecular weight excluding hydrogens is 384 g/mol. The van der Waals surface area contributed by atoms with Crippen LogP contribution in [0.25, 0.3) is 0 Å². The molecule has 0 aliphatic heterocycles. The number of hydrogen-bond acceptors (Lipinski definition) is 1. The van der Waals surface area contributed by atoms with Crippen LogP contribution in [0.4, 0.5) is 0 Å². The number of benzene rings is 1. The van der Waals surface area contributed by atoms with Crippen LogP contribution in [0.5, 0.6) is 0 Å². The molecule has 2 rings (SSSR count). The maximum absolute atomic E-state index is 12.1. The maximum atomic E-state index is 12.1. The van der Waals surface area contributed by atoms with E-state index in [1.165, 1.54) is 0 Å². The Morgan fingerprint density at radius 1 is 1.00 bits per heavy atom. The van der Waals surface area contributed by atoms with E-state index in [-0.39, 0.29) is 29.3 Å². The molecule has 1 aromatic carbocycles. The van der Waals surface area contributed by atoms with Gasteiger partial charge in [-0.1, -0.05) is 65.1 Å². The van der Waals surface area contributed by atoms with Crippen molar-refractivity contribution in [1.82, 2.24) is 0 Å². The quantitative estimate of drug-likeness (QED) is 0.426. The van der Waals surface area contributed by atoms with Gasteiger partial charge in [-0.05, 0) is 0 Å². The molecule has 0 spiro atoms. The molecule has 0 saturated heterocycles. The molecule has 0 aliphatic rings. The molecule has 20 heavy (non-hydrogen) atoms. The molecule has 0 amide bonds. The minimum atomic E-state index is -1.46. The van der Waals surface area contributed by atoms with E-state index in [0.29, 0.717) is 11.1 Å². The minimum absolute atomic E-state index is 0. The summed E-state index contributed by atoms with van der Waals surface area (Å²) in [5.41, 5.74) is 1.13. The minimum Gasteiger partial charge on any atom is -1.00 e. The number of hydrogen-bond donors (Lipinski definition) is 0. The van der Waals surface area contributed by atoms with Crippen molar-refractivity contribution in [2.75, 3.05) is 0 Å². The maximum Gasteiger partial charge on any atom is 0.227 e. The largest absolute Gasteiger partial charge is 1.00 e. The van der Waals surface area contributed by atoms with Crippen molar-refractivity contribution in [1.29, 1.82) is 0 Å². The average Bonchev–Trinajstić information content (AvgIpc) is 2.39. The van der Waals surface area contributed by atoms with Gasteiger partial charge in [0, 0.05) is 23.3 Å². The SMILES string of the molecule is O=C(C[n+]1ccccc1)c1ccc(C(Cl)(Cl)Cl)cc1.[Br-]. The zero-order valence-electron chi connectivity index (χ0n) is 10.3. The summed E-state index contributed by atoms with van der Waals surface area (Å²) in [6.07, 6.45) is 3.68. The number of nitrogens with zero attached hydrogens (tertiary/aromatic N) is 1. The van der Waals surface area contributed by atoms with Gasteiger partial charge >= 0.3 is 0 Å². The highest BCUT2D eigenvalue weighted by molar-refractivity contribution is 6.66. The summed E-state index contributed by atoms with van der Waals surface area (Å²) in [5.74, 6) is 0.00654. The van der Waals surface area contributed by atoms with E-state index in [1.807, 2.05) is 35.2 Å². The predicted molar refractivity (Wildman–Crippen MR) is 76.6 cm³/mol. The van der Waals surface area contributed by atoms with Crippen molar-refractivity contribution in [3.05, 3.63) is 66.0 Å². The lowest BCUT2D eigenvalue weighted by atomic mass is 10.1. The monoisotopic (exact) mass is 393 g/mol. The second-order valence-corrected chi connectivity index (χ2v) is 6.33. The number of rotatable bonds is 3. The lowest BCUT2D eigenvalue weighted by Gasteiger charge is -2.10. The molecule has 0 saturated carbocycles. The Morgan fingerprint density at radius 3 is 2.05 bits per heavy atom. The Kier molecular flexibility index (Phi) is 6.46. The highest BCUT2D eigenvalue weighted by Crippen LogP contribution is 2.37. The first kappa shape index (κ1) is 17.4. The Hall–Kier alpha value is -0.610. The van der Waals surface area contributed by atoms with Gasteiger partial charge in [0.1, 0.15) is 0 Å². The van der Waals surface area contributed by atoms with E-state index in [2.05, 4.69) is 0 Å². The number of pyridine rings is 1. The molecule has 0 N–H and O–H groups in total. The highest BCUT2D eigenvalue weighted by Gasteiger charge is 2.23. The van der Waals surface area contributed by atoms with Crippen LogP contribution in [0, 0.1) is 0 Å². The van der Waals surface area contributed by atoms with E-state index in [9.17, 15) is 4.79 Å². The first-order chi connectivity index (χ1) is 8.97. The van der Waals surface area contributed by atoms with Gasteiger partial charge in [0.15, 0.2) is 12.4 Å². The van der Waals surface area contributed by atoms with E-state index in [0.717, 1.165) is 0 Å². The molecule has 0 atom stereocenters. The summed E-state index contributed by atoms with van der Waals surface area (Å²) in [4.78, 5) is 12.1. The van der Waals surface area contributed by atoms with Crippen molar-refractivity contribution < 1.29 is 26.3 Å². The molecular formula is C14H11BrCl3NO. The summed E-state index contributed by atoms with van der Waals surface area (Å²) in [7, 11) is 0. The third-order valence-electron chi connectivity index (χ3n) is 2.64. The fourth-order valence-electron chi connectivity index (χ4n) is 1.64. The summed E-state index contributed by atoms with van der Waals surface area (Å²) in [5, 5.41) is 0. The van der Waals surface area contributed by atoms with Gasteiger partial charge < -0.3 is 17.0 Å². The molecule has 1 heterocycles. The van der Waals surface area contributed by atoms with E-state index in [4.69, 9.17) is 34.8 Å². The molecule has 106 valence electrons. The first-order valence-corrected chi connectivity index (χ1v) is 6.75. The molecule has 0 bridgehead atoms. The summed E-state index contributed by atoms with van der Waals surface area (Å²) < 4.78 is 0.348. The zero-order valence-corrected chi connectivity index (χ0v) is 14.1. The van der Waals surface area contributed by atoms with Crippen LogP contribution in [-0.2, 0) is 10.3 Å². The van der Waals surface area contributed by atoms with Gasteiger partial charge in [0.05, 0.1) is 0 Å². The van der Waals surface area contributed by atoms with E-state index >= 15 is 0 Å². The Morgan fingerprint density at radius 2 is 1.55 bits per heavy atom. The fraction of sp³-hybridized carbons (Fsp3) is 0.143. The zero-order chi connectivity index (χ0) is 13.9. The third-order valence-corrected chi connectivity index (χ3v) is 3.29. The number of aromatic nitrogens is 1. The smallest absolute Gasteiger partial charge is 0.227 e. The van der Waals surface area contributed by atoms with Crippen molar-refractivity contribution in [2.45, 2.75) is 10.3 Å². The topological polar surface area (TPSA) is 20.9 Å². The summed E-state index contributed by atoms with van der Waals surface area (Å²) in [6, 6.07) is 12.3. The highest BCUT2D eigenvalue weighted by atomic mass is 79.9. The molecule has 0 aliphatic carbocycles. The Balaban J connectivity index is 0.00000200. The van der Waals surface area contributed by atoms with Gasteiger partial charge in [0.25, 0.3) is 0 Å². The normalized spacial score (nSPS) is 10.8. The lowest BCUT2D eigenvalue weighted by molar-refractivity contribution is -0.683. The predicted octanol–water partition coefficient (Wildman–Crippen LogP) is 0.688. The van der Waals surface area contributed by atoms with Crippen molar-refractivity contribution in [2.24, 2.45) is 0 Å². The van der Waals surface area contributed by atoms with Crippen LogP contribution in [0.3, 0.4) is 0 Å². The fourth-order valence-corrected chi connectivity index (χ4v) is 2.02. The van der Waals surface area contributed by atoms with E-state index in [1.54, 1.807) is 24.3 Å². The number of Topliss-reactive ketones (excluding diaryl/α,β-unsaturated/α-hetero) is 1. The van der Waals surface area contributed by atoms with Crippen molar-refractivity contribution >= 4 is 40.6 Å². The Labute approximate surface area is 143 Å². The first-order valence-electron chi connectivity index (χ1n) is 5.61. The van der Waals surface area contributed by atoms with Gasteiger partial charge in [0.2, 0.25) is 16.1 Å². The van der Waals surface area contributed by atoms with Crippen LogP contribution in [0.15, 0.2) is 54.9 Å². The number of carbonyl (C=O) groups excluding carboxylic acids is 1. The molecule has 0 radical (unpaired) electrons. The van der Waals surface area contributed by atoms with Crippen LogP contribution in [0.1, 0.15) is 15.9 Å². The van der Waals surface area contributed by atoms with Gasteiger partial charge in [-0.3, -0.25) is 4.79 Å². The van der Waals surface area contributed by atoms with Gasteiger partial charge in [-0.15, -0.1) is 0 Å². The second-order valence-electron chi connectivity index (χ2n) is 4.05. The van der Waals surface area contributed by atoms with Crippen LogP contribution in [-0.4, -0.2) is 5.78 Å². The molecule has 2 aromatic rings. The number of halogens is 4. The van der Waals surface area contributed by atoms with Crippen LogP contribution < -0.4 is 21.5 Å². The Bertz CT molecular complexity index is 567. The average molecular weight is 396 g/mol. The van der Waals surface area contributed by atoms with Gasteiger partial charge in [-0.2, -0.15) is 4.57 Å². The second kappa shape index (κ2) is 7.41. The lowest BCUT2D eigenvalue weighted by Crippen LogP contribution is -3.00. The standard InChI is InChI=1S/C14H11Cl3NO.BrH/c15-14(16,17)12-6-4-11(5-7-12)13(19)10-18-8-2-1-3-9-18;/h1-9H,10H2;1H/q+1;/p-1. The van der Waals surface area contributed by atoms with E-state index < -0.39 is 3.79 Å². The molecule has 1 aromatic heterocycles.